The smallest absolute Gasteiger partial charge is 0.329 e. The number of aliphatic hydroxyl groups excluding tert-OH is 1. The Morgan fingerprint density at radius 2 is 2.06 bits per heavy atom. The maximum atomic E-state index is 12.1. The lowest BCUT2D eigenvalue weighted by Gasteiger charge is -2.34. The van der Waals surface area contributed by atoms with Gasteiger partial charge in [0.05, 0.1) is 0 Å². The standard InChI is InChI=1S/C11H20N2O4/c1-11(2,9(15)16)12(3)10(17)13-5-4-8(6-13)7-14/h8,14H,4-7H2,1-3H3,(H,15,16). The summed E-state index contributed by atoms with van der Waals surface area (Å²) in [6.07, 6.45) is 0.767. The zero-order valence-corrected chi connectivity index (χ0v) is 10.5. The minimum absolute atomic E-state index is 0.0653. The lowest BCUT2D eigenvalue weighted by Crippen LogP contribution is -2.54. The van der Waals surface area contributed by atoms with Crippen LogP contribution in [0.3, 0.4) is 0 Å². The molecule has 98 valence electrons. The molecule has 1 saturated heterocycles. The Morgan fingerprint density at radius 3 is 2.47 bits per heavy atom. The van der Waals surface area contributed by atoms with Crippen molar-refractivity contribution in [2.75, 3.05) is 26.7 Å². The minimum Gasteiger partial charge on any atom is -0.480 e. The zero-order chi connectivity index (χ0) is 13.2. The predicted molar refractivity (Wildman–Crippen MR) is 61.6 cm³/mol. The third kappa shape index (κ3) is 2.69. The van der Waals surface area contributed by atoms with Gasteiger partial charge in [0.25, 0.3) is 0 Å². The summed E-state index contributed by atoms with van der Waals surface area (Å²) < 4.78 is 0. The molecular formula is C11H20N2O4. The van der Waals surface area contributed by atoms with E-state index in [0.29, 0.717) is 13.1 Å². The first-order valence-corrected chi connectivity index (χ1v) is 5.67. The molecule has 2 N–H and O–H groups in total. The Labute approximate surface area is 101 Å². The van der Waals surface area contributed by atoms with Crippen LogP contribution in [0, 0.1) is 5.92 Å². The van der Waals surface area contributed by atoms with Crippen molar-refractivity contribution in [3.8, 4) is 0 Å². The van der Waals surface area contributed by atoms with E-state index in [0.717, 1.165) is 6.42 Å². The van der Waals surface area contributed by atoms with Crippen molar-refractivity contribution in [2.24, 2.45) is 5.92 Å². The minimum atomic E-state index is -1.23. The number of carboxylic acid groups (broad SMARTS) is 1. The van der Waals surface area contributed by atoms with Crippen molar-refractivity contribution in [1.82, 2.24) is 9.80 Å². The number of rotatable bonds is 3. The van der Waals surface area contributed by atoms with Crippen LogP contribution in [0.5, 0.6) is 0 Å². The molecule has 6 nitrogen and oxygen atoms in total. The number of likely N-dealkylation sites (tertiary alicyclic amines) is 1. The number of amides is 2. The van der Waals surface area contributed by atoms with Crippen LogP contribution >= 0.6 is 0 Å². The lowest BCUT2D eigenvalue weighted by molar-refractivity contribution is -0.147. The Kier molecular flexibility index (Phi) is 3.98. The first kappa shape index (κ1) is 13.8. The molecule has 0 aliphatic carbocycles. The van der Waals surface area contributed by atoms with E-state index in [9.17, 15) is 9.59 Å². The van der Waals surface area contributed by atoms with Crippen molar-refractivity contribution >= 4 is 12.0 Å². The fourth-order valence-electron chi connectivity index (χ4n) is 1.75. The quantitative estimate of drug-likeness (QED) is 0.744. The van der Waals surface area contributed by atoms with Gasteiger partial charge in [-0.1, -0.05) is 0 Å². The van der Waals surface area contributed by atoms with Gasteiger partial charge in [-0.3, -0.25) is 0 Å². The van der Waals surface area contributed by atoms with E-state index in [1.54, 1.807) is 4.90 Å². The van der Waals surface area contributed by atoms with Gasteiger partial charge < -0.3 is 20.0 Å². The van der Waals surface area contributed by atoms with Gasteiger partial charge in [-0.25, -0.2) is 9.59 Å². The third-order valence-electron chi connectivity index (χ3n) is 3.46. The number of aliphatic hydroxyl groups is 1. The topological polar surface area (TPSA) is 81.1 Å². The molecule has 1 heterocycles. The summed E-state index contributed by atoms with van der Waals surface area (Å²) in [5.41, 5.74) is -1.23. The van der Waals surface area contributed by atoms with Crippen LogP contribution in [-0.4, -0.2) is 64.3 Å². The molecule has 1 aliphatic heterocycles. The molecule has 1 atom stereocenters. The Balaban J connectivity index is 2.68. The number of likely N-dealkylation sites (N-methyl/N-ethyl adjacent to an activating group) is 1. The van der Waals surface area contributed by atoms with Crippen LogP contribution in [0.25, 0.3) is 0 Å². The predicted octanol–water partition coefficient (Wildman–Crippen LogP) is 0.216. The molecule has 1 unspecified atom stereocenters. The van der Waals surface area contributed by atoms with E-state index in [2.05, 4.69) is 0 Å². The van der Waals surface area contributed by atoms with Crippen molar-refractivity contribution in [2.45, 2.75) is 25.8 Å². The largest absolute Gasteiger partial charge is 0.480 e. The van der Waals surface area contributed by atoms with Crippen LogP contribution in [0.15, 0.2) is 0 Å². The SMILES string of the molecule is CN(C(=O)N1CCC(CO)C1)C(C)(C)C(=O)O. The van der Waals surface area contributed by atoms with Crippen molar-refractivity contribution in [1.29, 1.82) is 0 Å². The summed E-state index contributed by atoms with van der Waals surface area (Å²) in [5.74, 6) is -0.924. The highest BCUT2D eigenvalue weighted by Crippen LogP contribution is 2.20. The highest BCUT2D eigenvalue weighted by atomic mass is 16.4. The summed E-state index contributed by atoms with van der Waals surface area (Å²) in [6, 6.07) is -0.298. The van der Waals surface area contributed by atoms with Crippen LogP contribution in [0.2, 0.25) is 0 Å². The number of hydrogen-bond donors (Lipinski definition) is 2. The maximum Gasteiger partial charge on any atom is 0.329 e. The Bertz CT molecular complexity index is 317. The molecule has 0 spiro atoms. The summed E-state index contributed by atoms with van der Waals surface area (Å²) in [5, 5.41) is 18.1. The highest BCUT2D eigenvalue weighted by Gasteiger charge is 2.38. The fourth-order valence-corrected chi connectivity index (χ4v) is 1.75. The third-order valence-corrected chi connectivity index (χ3v) is 3.46. The molecule has 0 aromatic carbocycles. The van der Waals surface area contributed by atoms with Gasteiger partial charge in [-0.2, -0.15) is 0 Å². The molecule has 0 bridgehead atoms. The molecule has 0 saturated carbocycles. The van der Waals surface area contributed by atoms with E-state index < -0.39 is 11.5 Å². The molecule has 0 aromatic rings. The van der Waals surface area contributed by atoms with E-state index in [1.165, 1.54) is 25.8 Å². The fraction of sp³-hybridized carbons (Fsp3) is 0.818. The molecule has 1 aliphatic rings. The maximum absolute atomic E-state index is 12.1. The number of urea groups is 1. The molecule has 17 heavy (non-hydrogen) atoms. The number of hydrogen-bond acceptors (Lipinski definition) is 3. The molecular weight excluding hydrogens is 224 g/mol. The van der Waals surface area contributed by atoms with Gasteiger partial charge in [0, 0.05) is 32.7 Å². The molecule has 6 heteroatoms. The number of carbonyl (C=O) groups excluding carboxylic acids is 1. The first-order chi connectivity index (χ1) is 7.80. The van der Waals surface area contributed by atoms with Gasteiger partial charge in [0.1, 0.15) is 5.54 Å². The molecule has 2 amide bonds. The number of nitrogens with zero attached hydrogens (tertiary/aromatic N) is 2. The van der Waals surface area contributed by atoms with Crippen LogP contribution in [0.1, 0.15) is 20.3 Å². The van der Waals surface area contributed by atoms with Gasteiger partial charge in [-0.15, -0.1) is 0 Å². The Morgan fingerprint density at radius 1 is 1.47 bits per heavy atom. The van der Waals surface area contributed by atoms with E-state index in [4.69, 9.17) is 10.2 Å². The summed E-state index contributed by atoms with van der Waals surface area (Å²) in [6.45, 7) is 4.12. The van der Waals surface area contributed by atoms with Gasteiger partial charge in [-0.05, 0) is 20.3 Å². The summed E-state index contributed by atoms with van der Waals surface area (Å²) in [7, 11) is 1.49. The van der Waals surface area contributed by atoms with Crippen LogP contribution < -0.4 is 0 Å². The van der Waals surface area contributed by atoms with Crippen LogP contribution in [-0.2, 0) is 4.79 Å². The number of aliphatic carboxylic acids is 1. The van der Waals surface area contributed by atoms with Crippen LogP contribution in [0.4, 0.5) is 4.79 Å². The van der Waals surface area contributed by atoms with E-state index >= 15 is 0 Å². The second-order valence-electron chi connectivity index (χ2n) is 4.99. The average Bonchev–Trinajstić information content (AvgIpc) is 2.75. The van der Waals surface area contributed by atoms with Crippen molar-refractivity contribution in [3.63, 3.8) is 0 Å². The second-order valence-corrected chi connectivity index (χ2v) is 4.99. The Hall–Kier alpha value is -1.30. The lowest BCUT2D eigenvalue weighted by atomic mass is 10.0. The van der Waals surface area contributed by atoms with E-state index in [1.807, 2.05) is 0 Å². The number of carbonyl (C=O) groups is 2. The monoisotopic (exact) mass is 244 g/mol. The van der Waals surface area contributed by atoms with Gasteiger partial charge in [0.2, 0.25) is 0 Å². The zero-order valence-electron chi connectivity index (χ0n) is 10.5. The normalized spacial score (nSPS) is 20.5. The average molecular weight is 244 g/mol. The summed E-state index contributed by atoms with van der Waals surface area (Å²) in [4.78, 5) is 25.9. The molecule has 0 radical (unpaired) electrons. The van der Waals surface area contributed by atoms with Crippen molar-refractivity contribution in [3.05, 3.63) is 0 Å². The molecule has 1 fully saturated rings. The first-order valence-electron chi connectivity index (χ1n) is 5.67. The van der Waals surface area contributed by atoms with Crippen molar-refractivity contribution < 1.29 is 19.8 Å². The highest BCUT2D eigenvalue weighted by molar-refractivity contribution is 5.85. The second kappa shape index (κ2) is 4.91. The molecule has 0 aromatic heterocycles. The van der Waals surface area contributed by atoms with Gasteiger partial charge >= 0.3 is 12.0 Å². The molecule has 1 rings (SSSR count). The number of carboxylic acids is 1. The van der Waals surface area contributed by atoms with Gasteiger partial charge in [0.15, 0.2) is 0 Å². The van der Waals surface area contributed by atoms with E-state index in [-0.39, 0.29) is 18.6 Å². The summed E-state index contributed by atoms with van der Waals surface area (Å²) >= 11 is 0.